The summed E-state index contributed by atoms with van der Waals surface area (Å²) in [5.74, 6) is -2.58. The Morgan fingerprint density at radius 2 is 1.93 bits per heavy atom. The van der Waals surface area contributed by atoms with Crippen LogP contribution >= 0.6 is 0 Å². The first kappa shape index (κ1) is 12.2. The zero-order chi connectivity index (χ0) is 11.5. The minimum Gasteiger partial charge on any atom is -0.201 e. The number of rotatable bonds is 1. The van der Waals surface area contributed by atoms with Crippen LogP contribution in [0.1, 0.15) is 43.9 Å². The Bertz CT molecular complexity index is 329. The largest absolute Gasteiger partial charge is 0.273 e. The number of halogens is 2. The van der Waals surface area contributed by atoms with Crippen molar-refractivity contribution in [3.63, 3.8) is 0 Å². The molecule has 0 amide bonds. The highest BCUT2D eigenvalue weighted by Gasteiger charge is 2.39. The summed E-state index contributed by atoms with van der Waals surface area (Å²) in [7, 11) is 0. The Morgan fingerprint density at radius 1 is 1.27 bits per heavy atom. The second-order valence-corrected chi connectivity index (χ2v) is 3.50. The summed E-state index contributed by atoms with van der Waals surface area (Å²) < 4.78 is 26.5. The van der Waals surface area contributed by atoms with E-state index in [1.165, 1.54) is 0 Å². The summed E-state index contributed by atoms with van der Waals surface area (Å²) in [4.78, 5) is 0. The first-order chi connectivity index (χ1) is 7.15. The van der Waals surface area contributed by atoms with Crippen LogP contribution in [0.25, 0.3) is 0 Å². The van der Waals surface area contributed by atoms with Crippen molar-refractivity contribution in [2.24, 2.45) is 0 Å². The van der Waals surface area contributed by atoms with Gasteiger partial charge in [-0.15, -0.1) is 0 Å². The quantitative estimate of drug-likeness (QED) is 0.650. The van der Waals surface area contributed by atoms with E-state index in [1.54, 1.807) is 12.1 Å². The molecule has 1 aromatic rings. The average molecular weight is 212 g/mol. The van der Waals surface area contributed by atoms with Crippen molar-refractivity contribution in [2.75, 3.05) is 0 Å². The van der Waals surface area contributed by atoms with Gasteiger partial charge in [0.2, 0.25) is 0 Å². The fraction of sp³-hybridized carbons (Fsp3) is 0.538. The second kappa shape index (κ2) is 4.73. The van der Waals surface area contributed by atoms with Gasteiger partial charge in [0.15, 0.2) is 0 Å². The molecule has 0 aromatic heterocycles. The summed E-state index contributed by atoms with van der Waals surface area (Å²) in [5.41, 5.74) is 2.22. The lowest BCUT2D eigenvalue weighted by Gasteiger charge is -2.10. The molecular weight excluding hydrogens is 194 g/mol. The third-order valence-electron chi connectivity index (χ3n) is 2.74. The first-order valence-corrected chi connectivity index (χ1v) is 5.64. The predicted octanol–water partition coefficient (Wildman–Crippen LogP) is 4.31. The van der Waals surface area contributed by atoms with E-state index in [-0.39, 0.29) is 12.0 Å². The van der Waals surface area contributed by atoms with Gasteiger partial charge in [0, 0.05) is 12.0 Å². The first-order valence-electron chi connectivity index (χ1n) is 5.64. The zero-order valence-corrected chi connectivity index (χ0v) is 9.61. The Hall–Kier alpha value is -0.920. The van der Waals surface area contributed by atoms with E-state index in [4.69, 9.17) is 0 Å². The summed E-state index contributed by atoms with van der Waals surface area (Å²) in [6, 6.07) is 5.23. The highest BCUT2D eigenvalue weighted by molar-refractivity contribution is 5.41. The van der Waals surface area contributed by atoms with Crippen LogP contribution in [0.15, 0.2) is 18.2 Å². The molecule has 84 valence electrons. The van der Waals surface area contributed by atoms with Crippen LogP contribution in [-0.4, -0.2) is 0 Å². The van der Waals surface area contributed by atoms with Gasteiger partial charge in [-0.05, 0) is 24.0 Å². The number of aryl methyl sites for hydroxylation is 1. The molecule has 1 aliphatic carbocycles. The molecule has 0 atom stereocenters. The lowest BCUT2D eigenvalue weighted by Crippen LogP contribution is -2.07. The highest BCUT2D eigenvalue weighted by Crippen LogP contribution is 2.42. The summed E-state index contributed by atoms with van der Waals surface area (Å²) in [5, 5.41) is 0. The van der Waals surface area contributed by atoms with Crippen molar-refractivity contribution >= 4 is 0 Å². The van der Waals surface area contributed by atoms with Gasteiger partial charge in [0.25, 0.3) is 5.92 Å². The van der Waals surface area contributed by atoms with Crippen LogP contribution < -0.4 is 0 Å². The third-order valence-corrected chi connectivity index (χ3v) is 2.74. The van der Waals surface area contributed by atoms with Gasteiger partial charge in [-0.25, -0.2) is 8.78 Å². The molecule has 2 rings (SSSR count). The lowest BCUT2D eigenvalue weighted by molar-refractivity contribution is -0.00184. The Morgan fingerprint density at radius 3 is 2.53 bits per heavy atom. The molecule has 0 saturated carbocycles. The topological polar surface area (TPSA) is 0 Å². The van der Waals surface area contributed by atoms with E-state index >= 15 is 0 Å². The molecule has 0 spiro atoms. The van der Waals surface area contributed by atoms with Crippen molar-refractivity contribution < 1.29 is 8.78 Å². The minimum absolute atomic E-state index is 0.0145. The molecule has 1 aromatic carbocycles. The van der Waals surface area contributed by atoms with Crippen molar-refractivity contribution in [1.82, 2.24) is 0 Å². The van der Waals surface area contributed by atoms with Gasteiger partial charge < -0.3 is 0 Å². The molecule has 0 heterocycles. The zero-order valence-electron chi connectivity index (χ0n) is 9.61. The number of fused-ring (bicyclic) bond motifs is 1. The Labute approximate surface area is 90.3 Å². The van der Waals surface area contributed by atoms with Crippen LogP contribution in [0.2, 0.25) is 0 Å². The van der Waals surface area contributed by atoms with Crippen molar-refractivity contribution in [1.29, 1.82) is 0 Å². The molecule has 0 nitrogen and oxygen atoms in total. The normalized spacial score (nSPS) is 16.6. The summed E-state index contributed by atoms with van der Waals surface area (Å²) in [6.07, 6.45) is 1.37. The van der Waals surface area contributed by atoms with Crippen LogP contribution in [0.5, 0.6) is 0 Å². The van der Waals surface area contributed by atoms with Gasteiger partial charge in [-0.3, -0.25) is 0 Å². The molecule has 0 saturated heterocycles. The molecule has 0 unspecified atom stereocenters. The van der Waals surface area contributed by atoms with Gasteiger partial charge >= 0.3 is 0 Å². The molecule has 0 bridgehead atoms. The monoisotopic (exact) mass is 212 g/mol. The van der Waals surface area contributed by atoms with Gasteiger partial charge in [0.05, 0.1) is 0 Å². The van der Waals surface area contributed by atoms with Crippen LogP contribution in [0.3, 0.4) is 0 Å². The molecule has 0 fully saturated rings. The smallest absolute Gasteiger partial charge is 0.201 e. The Kier molecular flexibility index (Phi) is 3.83. The van der Waals surface area contributed by atoms with E-state index in [2.05, 4.69) is 0 Å². The van der Waals surface area contributed by atoms with Crippen LogP contribution in [-0.2, 0) is 18.8 Å². The van der Waals surface area contributed by atoms with E-state index in [9.17, 15) is 8.78 Å². The van der Waals surface area contributed by atoms with E-state index in [0.29, 0.717) is 6.42 Å². The lowest BCUT2D eigenvalue weighted by atomic mass is 10.0. The maximum atomic E-state index is 13.3. The summed E-state index contributed by atoms with van der Waals surface area (Å²) in [6.45, 7) is 6.01. The second-order valence-electron chi connectivity index (χ2n) is 3.50. The maximum Gasteiger partial charge on any atom is 0.273 e. The molecule has 15 heavy (non-hydrogen) atoms. The molecule has 1 aliphatic rings. The number of hydrogen-bond donors (Lipinski definition) is 0. The number of hydrogen-bond acceptors (Lipinski definition) is 0. The average Bonchev–Trinajstić information content (AvgIpc) is 2.58. The molecule has 2 heteroatoms. The number of alkyl halides is 2. The number of benzene rings is 1. The fourth-order valence-corrected chi connectivity index (χ4v) is 2.02. The molecular formula is C13H18F2. The van der Waals surface area contributed by atoms with Gasteiger partial charge in [-0.1, -0.05) is 39.0 Å². The van der Waals surface area contributed by atoms with Crippen LogP contribution in [0, 0.1) is 0 Å². The van der Waals surface area contributed by atoms with Crippen molar-refractivity contribution in [3.05, 3.63) is 34.9 Å². The van der Waals surface area contributed by atoms with Crippen molar-refractivity contribution in [2.45, 2.75) is 46.0 Å². The van der Waals surface area contributed by atoms with Gasteiger partial charge in [0.1, 0.15) is 0 Å². The standard InChI is InChI=1S/C11H12F2.C2H6/c1-2-8-4-3-5-10-9(8)6-7-11(10,12)13;1-2/h3-5H,2,6-7H2,1H3;1-2H3. The van der Waals surface area contributed by atoms with E-state index in [0.717, 1.165) is 17.5 Å². The maximum absolute atomic E-state index is 13.3. The van der Waals surface area contributed by atoms with Crippen molar-refractivity contribution in [3.8, 4) is 0 Å². The van der Waals surface area contributed by atoms with Gasteiger partial charge in [-0.2, -0.15) is 0 Å². The minimum atomic E-state index is -2.58. The molecule has 0 N–H and O–H groups in total. The van der Waals surface area contributed by atoms with Crippen LogP contribution in [0.4, 0.5) is 8.78 Å². The summed E-state index contributed by atoms with van der Waals surface area (Å²) >= 11 is 0. The third kappa shape index (κ3) is 2.19. The SMILES string of the molecule is CC.CCc1cccc2c1CCC2(F)F. The Balaban J connectivity index is 0.000000531. The highest BCUT2D eigenvalue weighted by atomic mass is 19.3. The molecule has 0 aliphatic heterocycles. The van der Waals surface area contributed by atoms with E-state index in [1.807, 2.05) is 26.8 Å². The fourth-order valence-electron chi connectivity index (χ4n) is 2.02. The van der Waals surface area contributed by atoms with E-state index < -0.39 is 5.92 Å². The predicted molar refractivity (Wildman–Crippen MR) is 59.4 cm³/mol. The molecule has 0 radical (unpaired) electrons.